The summed E-state index contributed by atoms with van der Waals surface area (Å²) in [6, 6.07) is 14.1. The van der Waals surface area contributed by atoms with E-state index in [1.807, 2.05) is 30.3 Å². The van der Waals surface area contributed by atoms with E-state index in [2.05, 4.69) is 0 Å². The molecule has 1 N–H and O–H groups in total. The molecule has 104 valence electrons. The quantitative estimate of drug-likeness (QED) is 0.685. The van der Waals surface area contributed by atoms with Crippen LogP contribution in [-0.4, -0.2) is 15.0 Å². The molecule has 0 aliphatic rings. The minimum atomic E-state index is -0.674. The Morgan fingerprint density at radius 1 is 0.850 bits per heavy atom. The second-order valence-electron chi connectivity index (χ2n) is 3.68. The maximum atomic E-state index is 10.2. The normalized spacial score (nSPS) is 9.25. The number of non-ortho nitro benzene ring substituents is 2. The lowest BCUT2D eigenvalue weighted by atomic mass is 10.2. The van der Waals surface area contributed by atoms with E-state index in [9.17, 15) is 20.2 Å². The highest BCUT2D eigenvalue weighted by atomic mass is 16.6. The van der Waals surface area contributed by atoms with Crippen molar-refractivity contribution in [3.8, 4) is 0 Å². The van der Waals surface area contributed by atoms with Crippen molar-refractivity contribution in [3.05, 3.63) is 80.4 Å². The van der Waals surface area contributed by atoms with Gasteiger partial charge in [0.25, 0.3) is 11.4 Å². The monoisotopic (exact) mass is 276 g/mol. The summed E-state index contributed by atoms with van der Waals surface area (Å²) in [6.45, 7) is 0.140. The summed E-state index contributed by atoms with van der Waals surface area (Å²) in [5.74, 6) is 0. The van der Waals surface area contributed by atoms with Crippen molar-refractivity contribution in [2.45, 2.75) is 6.61 Å². The first-order valence-electron chi connectivity index (χ1n) is 5.58. The molecule has 0 aromatic heterocycles. The third-order valence-corrected chi connectivity index (χ3v) is 2.28. The largest absolute Gasteiger partial charge is 0.392 e. The lowest BCUT2D eigenvalue weighted by Crippen LogP contribution is -1.91. The smallest absolute Gasteiger partial charge is 0.276 e. The standard InChI is InChI=1S/C7H8O.C6H4N2O4/c8-6-7-4-2-1-3-5-7;9-7(10)5-2-1-3-6(4-5)8(11)12/h1-5,8H,6H2;1-4H. The van der Waals surface area contributed by atoms with E-state index in [0.717, 1.165) is 11.6 Å². The van der Waals surface area contributed by atoms with Gasteiger partial charge < -0.3 is 5.11 Å². The summed E-state index contributed by atoms with van der Waals surface area (Å²) in [4.78, 5) is 19.0. The first kappa shape index (κ1) is 15.3. The first-order chi connectivity index (χ1) is 9.54. The minimum absolute atomic E-state index is 0.140. The van der Waals surface area contributed by atoms with Crippen molar-refractivity contribution in [2.24, 2.45) is 0 Å². The summed E-state index contributed by atoms with van der Waals surface area (Å²) in [7, 11) is 0. The fourth-order valence-corrected chi connectivity index (χ4v) is 1.30. The molecule has 0 bridgehead atoms. The molecule has 0 unspecified atom stereocenters. The van der Waals surface area contributed by atoms with Crippen LogP contribution >= 0.6 is 0 Å². The van der Waals surface area contributed by atoms with Crippen LogP contribution < -0.4 is 0 Å². The molecule has 0 spiro atoms. The molecule has 7 nitrogen and oxygen atoms in total. The van der Waals surface area contributed by atoms with Crippen molar-refractivity contribution < 1.29 is 15.0 Å². The molecular weight excluding hydrogens is 264 g/mol. The Kier molecular flexibility index (Phi) is 5.79. The van der Waals surface area contributed by atoms with Gasteiger partial charge in [-0.3, -0.25) is 20.2 Å². The summed E-state index contributed by atoms with van der Waals surface area (Å²) in [6.07, 6.45) is 0. The van der Waals surface area contributed by atoms with Crippen LogP contribution in [0.2, 0.25) is 0 Å². The van der Waals surface area contributed by atoms with Crippen LogP contribution in [0.3, 0.4) is 0 Å². The summed E-state index contributed by atoms with van der Waals surface area (Å²) in [5.41, 5.74) is 0.418. The Labute approximate surface area is 114 Å². The lowest BCUT2D eigenvalue weighted by molar-refractivity contribution is -0.394. The maximum Gasteiger partial charge on any atom is 0.276 e. The number of rotatable bonds is 3. The molecule has 20 heavy (non-hydrogen) atoms. The number of nitro groups is 2. The Balaban J connectivity index is 0.000000217. The van der Waals surface area contributed by atoms with Gasteiger partial charge in [0, 0.05) is 12.1 Å². The minimum Gasteiger partial charge on any atom is -0.392 e. The Hall–Kier alpha value is -2.80. The maximum absolute atomic E-state index is 10.2. The second-order valence-corrected chi connectivity index (χ2v) is 3.68. The van der Waals surface area contributed by atoms with E-state index in [0.29, 0.717) is 0 Å². The van der Waals surface area contributed by atoms with Gasteiger partial charge in [-0.05, 0) is 11.6 Å². The predicted molar refractivity (Wildman–Crippen MR) is 72.1 cm³/mol. The SMILES string of the molecule is O=[N+]([O-])c1cccc([N+](=O)[O-])c1.OCc1ccccc1. The van der Waals surface area contributed by atoms with E-state index in [4.69, 9.17) is 5.11 Å². The van der Waals surface area contributed by atoms with Gasteiger partial charge >= 0.3 is 0 Å². The molecule has 0 amide bonds. The van der Waals surface area contributed by atoms with Gasteiger partial charge in [-0.2, -0.15) is 0 Å². The van der Waals surface area contributed by atoms with Crippen LogP contribution in [0.15, 0.2) is 54.6 Å². The molecule has 2 aromatic rings. The van der Waals surface area contributed by atoms with Gasteiger partial charge in [0.1, 0.15) is 0 Å². The molecule has 0 aliphatic carbocycles. The third kappa shape index (κ3) is 4.83. The molecule has 7 heteroatoms. The molecule has 0 fully saturated rings. The van der Waals surface area contributed by atoms with Crippen molar-refractivity contribution >= 4 is 11.4 Å². The van der Waals surface area contributed by atoms with E-state index >= 15 is 0 Å². The van der Waals surface area contributed by atoms with Gasteiger partial charge in [0.2, 0.25) is 0 Å². The van der Waals surface area contributed by atoms with Crippen LogP contribution in [-0.2, 0) is 6.61 Å². The molecule has 0 saturated heterocycles. The molecular formula is C13H12N2O5. The predicted octanol–water partition coefficient (Wildman–Crippen LogP) is 2.68. The van der Waals surface area contributed by atoms with Crippen LogP contribution in [0.25, 0.3) is 0 Å². The molecule has 0 aliphatic heterocycles. The molecule has 0 heterocycles. The zero-order chi connectivity index (χ0) is 15.0. The zero-order valence-corrected chi connectivity index (χ0v) is 10.4. The van der Waals surface area contributed by atoms with E-state index < -0.39 is 9.85 Å². The fraction of sp³-hybridized carbons (Fsp3) is 0.0769. The Morgan fingerprint density at radius 2 is 1.35 bits per heavy atom. The van der Waals surface area contributed by atoms with Gasteiger partial charge in [-0.25, -0.2) is 0 Å². The topological polar surface area (TPSA) is 107 Å². The Morgan fingerprint density at radius 3 is 1.70 bits per heavy atom. The van der Waals surface area contributed by atoms with Crippen molar-refractivity contribution in [3.63, 3.8) is 0 Å². The molecule has 0 atom stereocenters. The van der Waals surface area contributed by atoms with Crippen LogP contribution in [0.4, 0.5) is 11.4 Å². The number of nitrogens with zero attached hydrogens (tertiary/aromatic N) is 2. The van der Waals surface area contributed by atoms with Crippen LogP contribution in [0.1, 0.15) is 5.56 Å². The molecule has 0 saturated carbocycles. The van der Waals surface area contributed by atoms with Gasteiger partial charge in [0.15, 0.2) is 0 Å². The van der Waals surface area contributed by atoms with Crippen molar-refractivity contribution in [1.82, 2.24) is 0 Å². The van der Waals surface area contributed by atoms with Crippen molar-refractivity contribution in [2.75, 3.05) is 0 Å². The summed E-state index contributed by atoms with van der Waals surface area (Å²) >= 11 is 0. The highest BCUT2D eigenvalue weighted by Crippen LogP contribution is 2.18. The summed E-state index contributed by atoms with van der Waals surface area (Å²) < 4.78 is 0. The number of hydrogen-bond donors (Lipinski definition) is 1. The lowest BCUT2D eigenvalue weighted by Gasteiger charge is -1.90. The number of aliphatic hydroxyl groups is 1. The van der Waals surface area contributed by atoms with Crippen LogP contribution in [0, 0.1) is 20.2 Å². The molecule has 2 rings (SSSR count). The first-order valence-corrected chi connectivity index (χ1v) is 5.58. The molecule has 2 aromatic carbocycles. The summed E-state index contributed by atoms with van der Waals surface area (Å²) in [5, 5.41) is 28.9. The van der Waals surface area contributed by atoms with Gasteiger partial charge in [0.05, 0.1) is 22.5 Å². The average molecular weight is 276 g/mol. The average Bonchev–Trinajstić information content (AvgIpc) is 2.49. The zero-order valence-electron chi connectivity index (χ0n) is 10.4. The highest BCUT2D eigenvalue weighted by molar-refractivity contribution is 5.42. The third-order valence-electron chi connectivity index (χ3n) is 2.28. The number of benzene rings is 2. The van der Waals surface area contributed by atoms with Gasteiger partial charge in [-0.15, -0.1) is 0 Å². The fourth-order valence-electron chi connectivity index (χ4n) is 1.30. The highest BCUT2D eigenvalue weighted by Gasteiger charge is 2.11. The number of hydrogen-bond acceptors (Lipinski definition) is 5. The van der Waals surface area contributed by atoms with E-state index in [1.54, 1.807) is 0 Å². The number of nitro benzene ring substituents is 2. The Bertz CT molecular complexity index is 557. The second kappa shape index (κ2) is 7.59. The van der Waals surface area contributed by atoms with E-state index in [-0.39, 0.29) is 18.0 Å². The van der Waals surface area contributed by atoms with Crippen LogP contribution in [0.5, 0.6) is 0 Å². The van der Waals surface area contributed by atoms with E-state index in [1.165, 1.54) is 18.2 Å². The number of aliphatic hydroxyl groups excluding tert-OH is 1. The molecule has 0 radical (unpaired) electrons. The van der Waals surface area contributed by atoms with Crippen molar-refractivity contribution in [1.29, 1.82) is 0 Å². The van der Waals surface area contributed by atoms with Gasteiger partial charge in [-0.1, -0.05) is 30.3 Å².